The first kappa shape index (κ1) is 32.5. The number of hydrogen-bond donors (Lipinski definition) is 0. The maximum Gasteiger partial charge on any atom is 0.178 e. The van der Waals surface area contributed by atoms with Gasteiger partial charge in [-0.15, -0.1) is 0 Å². The summed E-state index contributed by atoms with van der Waals surface area (Å²) in [7, 11) is -2.55. The highest BCUT2D eigenvalue weighted by atomic mass is 31.2. The lowest BCUT2D eigenvalue weighted by molar-refractivity contribution is 0.458. The first-order chi connectivity index (χ1) is 16.9. The van der Waals surface area contributed by atoms with E-state index in [4.69, 9.17) is 4.98 Å². The van der Waals surface area contributed by atoms with Gasteiger partial charge < -0.3 is 0 Å². The van der Waals surface area contributed by atoms with Crippen LogP contribution in [0.5, 0.6) is 0 Å². The molecule has 0 amide bonds. The molecule has 1 rings (SSSR count). The molecule has 0 bridgehead atoms. The molecule has 0 N–H and O–H groups in total. The van der Waals surface area contributed by atoms with Crippen LogP contribution in [-0.2, 0) is 11.0 Å². The molecule has 0 aliphatic heterocycles. The minimum atomic E-state index is -2.55. The van der Waals surface area contributed by atoms with Crippen LogP contribution >= 0.6 is 7.29 Å². The Balaban J connectivity index is 2.91. The summed E-state index contributed by atoms with van der Waals surface area (Å²) in [6.45, 7) is 13.6. The van der Waals surface area contributed by atoms with Crippen LogP contribution in [0.1, 0.15) is 155 Å². The summed E-state index contributed by atoms with van der Waals surface area (Å²) >= 11 is 0. The largest absolute Gasteiger partial charge is 0.300 e. The Morgan fingerprint density at radius 3 is 1.63 bits per heavy atom. The quantitative estimate of drug-likeness (QED) is 0.109. The fraction of sp³-hybridized carbons (Fsp3) is 0.903. The average Bonchev–Trinajstić information content (AvgIpc) is 3.24. The van der Waals surface area contributed by atoms with Crippen LogP contribution in [0, 0.1) is 18.8 Å². The Bertz CT molecular complexity index is 662. The van der Waals surface area contributed by atoms with E-state index >= 15 is 0 Å². The van der Waals surface area contributed by atoms with Crippen molar-refractivity contribution in [1.82, 2.24) is 9.32 Å². The van der Waals surface area contributed by atoms with E-state index in [0.717, 1.165) is 43.1 Å². The number of imidazole rings is 1. The molecule has 206 valence electrons. The summed E-state index contributed by atoms with van der Waals surface area (Å²) < 4.78 is 17.2. The zero-order chi connectivity index (χ0) is 25.9. The third-order valence-corrected chi connectivity index (χ3v) is 11.5. The number of aromatic nitrogens is 2. The molecule has 2 unspecified atom stereocenters. The molecule has 0 aromatic carbocycles. The molecule has 0 radical (unpaired) electrons. The van der Waals surface area contributed by atoms with Gasteiger partial charge in [0, 0.05) is 30.6 Å². The summed E-state index contributed by atoms with van der Waals surface area (Å²) in [5.41, 5.74) is 1.12. The zero-order valence-electron chi connectivity index (χ0n) is 24.6. The van der Waals surface area contributed by atoms with Crippen molar-refractivity contribution in [1.29, 1.82) is 0 Å². The molecule has 1 aromatic rings. The molecule has 0 aliphatic carbocycles. The molecule has 0 aliphatic rings. The Labute approximate surface area is 220 Å². The van der Waals surface area contributed by atoms with Crippen molar-refractivity contribution < 1.29 is 4.57 Å². The van der Waals surface area contributed by atoms with Crippen molar-refractivity contribution in [2.24, 2.45) is 11.8 Å². The topological polar surface area (TPSA) is 34.9 Å². The fourth-order valence-corrected chi connectivity index (χ4v) is 9.79. The van der Waals surface area contributed by atoms with Gasteiger partial charge in [0.25, 0.3) is 0 Å². The third kappa shape index (κ3) is 12.5. The van der Waals surface area contributed by atoms with Crippen LogP contribution in [0.25, 0.3) is 0 Å². The number of rotatable bonds is 23. The highest BCUT2D eigenvalue weighted by Crippen LogP contribution is 2.54. The number of hydrogen-bond acceptors (Lipinski definition) is 2. The second-order valence-corrected chi connectivity index (χ2v) is 14.1. The first-order valence-corrected chi connectivity index (χ1v) is 17.6. The van der Waals surface area contributed by atoms with Crippen LogP contribution in [0.3, 0.4) is 0 Å². The predicted molar refractivity (Wildman–Crippen MR) is 157 cm³/mol. The first-order valence-electron chi connectivity index (χ1n) is 15.6. The molecular weight excluding hydrogens is 447 g/mol. The summed E-state index contributed by atoms with van der Waals surface area (Å²) in [5.74, 6) is 2.23. The Hall–Kier alpha value is -0.560. The van der Waals surface area contributed by atoms with Gasteiger partial charge in [-0.05, 0) is 38.0 Å². The minimum Gasteiger partial charge on any atom is -0.300 e. The lowest BCUT2D eigenvalue weighted by atomic mass is 10.0. The smallest absolute Gasteiger partial charge is 0.178 e. The molecule has 35 heavy (non-hydrogen) atoms. The van der Waals surface area contributed by atoms with Crippen molar-refractivity contribution in [3.8, 4) is 0 Å². The van der Waals surface area contributed by atoms with Crippen molar-refractivity contribution in [2.45, 2.75) is 157 Å². The van der Waals surface area contributed by atoms with Gasteiger partial charge in [0.15, 0.2) is 7.29 Å². The van der Waals surface area contributed by atoms with Crippen LogP contribution in [0.15, 0.2) is 6.20 Å². The molecule has 0 saturated heterocycles. The molecule has 2 atom stereocenters. The molecule has 4 heteroatoms. The fourth-order valence-electron chi connectivity index (χ4n) is 5.62. The molecule has 3 nitrogen and oxygen atoms in total. The predicted octanol–water partition coefficient (Wildman–Crippen LogP) is 10.8. The van der Waals surface area contributed by atoms with E-state index in [1.54, 1.807) is 0 Å². The van der Waals surface area contributed by atoms with Crippen molar-refractivity contribution >= 4 is 7.29 Å². The van der Waals surface area contributed by atoms with E-state index in [0.29, 0.717) is 11.8 Å². The highest BCUT2D eigenvalue weighted by Gasteiger charge is 2.33. The monoisotopic (exact) mass is 508 g/mol. The van der Waals surface area contributed by atoms with Gasteiger partial charge in [0.1, 0.15) is 5.82 Å². The van der Waals surface area contributed by atoms with Gasteiger partial charge in [0.2, 0.25) is 0 Å². The maximum absolute atomic E-state index is 15.0. The van der Waals surface area contributed by atoms with Crippen molar-refractivity contribution in [3.05, 3.63) is 17.7 Å². The molecule has 0 saturated carbocycles. The number of aryl methyl sites for hydroxylation is 2. The van der Waals surface area contributed by atoms with Crippen LogP contribution in [0.2, 0.25) is 0 Å². The van der Waals surface area contributed by atoms with E-state index < -0.39 is 7.29 Å². The van der Waals surface area contributed by atoms with Crippen molar-refractivity contribution in [3.63, 3.8) is 0 Å². The summed E-state index contributed by atoms with van der Waals surface area (Å²) in [4.78, 5) is 4.83. The van der Waals surface area contributed by atoms with E-state index in [2.05, 4.69) is 45.9 Å². The van der Waals surface area contributed by atoms with E-state index in [1.165, 1.54) is 96.3 Å². The van der Waals surface area contributed by atoms with Gasteiger partial charge in [-0.2, -0.15) is 0 Å². The van der Waals surface area contributed by atoms with Crippen molar-refractivity contribution in [2.75, 3.05) is 12.3 Å². The Morgan fingerprint density at radius 2 is 1.17 bits per heavy atom. The highest BCUT2D eigenvalue weighted by molar-refractivity contribution is 7.62. The van der Waals surface area contributed by atoms with E-state index in [9.17, 15) is 4.57 Å². The molecule has 1 aromatic heterocycles. The summed E-state index contributed by atoms with van der Waals surface area (Å²) in [5, 5.41) is 0. The lowest BCUT2D eigenvalue weighted by Crippen LogP contribution is -2.19. The second kappa shape index (κ2) is 19.5. The van der Waals surface area contributed by atoms with Crippen LogP contribution in [-0.4, -0.2) is 21.6 Å². The Morgan fingerprint density at radius 1 is 0.714 bits per heavy atom. The van der Waals surface area contributed by atoms with Gasteiger partial charge in [0.05, 0.1) is 0 Å². The van der Waals surface area contributed by atoms with Gasteiger partial charge in [-0.3, -0.25) is 8.90 Å². The number of nitrogens with zero attached hydrogens (tertiary/aromatic N) is 2. The van der Waals surface area contributed by atoms with E-state index in [1.807, 2.05) is 6.20 Å². The molecular formula is C31H61N2OP. The van der Waals surface area contributed by atoms with Crippen LogP contribution < -0.4 is 0 Å². The second-order valence-electron chi connectivity index (χ2n) is 11.3. The minimum absolute atomic E-state index is 0.562. The summed E-state index contributed by atoms with van der Waals surface area (Å²) in [6.07, 6.45) is 26.4. The molecule has 0 spiro atoms. The van der Waals surface area contributed by atoms with Gasteiger partial charge >= 0.3 is 0 Å². The van der Waals surface area contributed by atoms with Gasteiger partial charge in [-0.1, -0.05) is 125 Å². The molecule has 0 fully saturated rings. The maximum atomic E-state index is 15.0. The Kier molecular flexibility index (Phi) is 18.1. The zero-order valence-corrected chi connectivity index (χ0v) is 25.5. The lowest BCUT2D eigenvalue weighted by Gasteiger charge is -2.30. The van der Waals surface area contributed by atoms with Crippen LogP contribution in [0.4, 0.5) is 0 Å². The standard InChI is InChI=1S/C31H61N2OP/c1-7-12-15-16-17-18-19-20-21-24-31-32-25-28(6)33(31)35(34,26-29(10-4)22-13-8-2)27-30(11-5)23-14-9-3/h25,29-30H,7-24,26-27H2,1-6H3. The summed E-state index contributed by atoms with van der Waals surface area (Å²) in [6, 6.07) is 0. The SMILES string of the molecule is CCCCCCCCCCCc1ncc(C)n1P(=O)(CC(CC)CCCC)CC(CC)CCCC. The molecule has 1 heterocycles. The third-order valence-electron chi connectivity index (χ3n) is 8.02. The number of unbranched alkanes of at least 4 members (excludes halogenated alkanes) is 10. The van der Waals surface area contributed by atoms with E-state index in [-0.39, 0.29) is 0 Å². The van der Waals surface area contributed by atoms with Gasteiger partial charge in [-0.25, -0.2) is 4.98 Å². The normalized spacial score (nSPS) is 15.3. The average molecular weight is 509 g/mol.